The molecule has 0 bridgehead atoms. The lowest BCUT2D eigenvalue weighted by atomic mass is 10.1. The predicted molar refractivity (Wildman–Crippen MR) is 114 cm³/mol. The molecule has 0 amide bonds. The van der Waals surface area contributed by atoms with Gasteiger partial charge in [-0.1, -0.05) is 0 Å². The van der Waals surface area contributed by atoms with Gasteiger partial charge in [-0.15, -0.1) is 0 Å². The topological polar surface area (TPSA) is 132 Å². The number of nitrogens with one attached hydrogen (secondary N) is 2. The van der Waals surface area contributed by atoms with Gasteiger partial charge in [-0.2, -0.15) is 4.39 Å². The Labute approximate surface area is 180 Å². The summed E-state index contributed by atoms with van der Waals surface area (Å²) in [6.45, 7) is 0. The van der Waals surface area contributed by atoms with Gasteiger partial charge in [0.2, 0.25) is 11.8 Å². The molecule has 0 fully saturated rings. The molecule has 0 aliphatic heterocycles. The second kappa shape index (κ2) is 8.30. The highest BCUT2D eigenvalue weighted by Gasteiger charge is 2.20. The average Bonchev–Trinajstić information content (AvgIpc) is 3.22. The Hall–Kier alpha value is -4.54. The van der Waals surface area contributed by atoms with Crippen LogP contribution in [-0.4, -0.2) is 40.1 Å². The first-order chi connectivity index (χ1) is 15.4. The number of rotatable bonds is 6. The van der Waals surface area contributed by atoms with Crippen LogP contribution in [-0.2, 0) is 4.74 Å². The van der Waals surface area contributed by atoms with Crippen LogP contribution in [0, 0.1) is 15.9 Å². The molecule has 2 aromatic carbocycles. The van der Waals surface area contributed by atoms with E-state index in [-0.39, 0.29) is 17.4 Å². The molecule has 2 aromatic heterocycles. The number of carbonyl (C=O) groups is 1. The summed E-state index contributed by atoms with van der Waals surface area (Å²) in [5, 5.41) is 14.7. The molecule has 11 heteroatoms. The van der Waals surface area contributed by atoms with Crippen LogP contribution in [0.15, 0.2) is 48.8 Å². The number of nitro groups is 1. The maximum Gasteiger partial charge on any atom is 0.337 e. The molecule has 10 nitrogen and oxygen atoms in total. The number of fused-ring (bicyclic) bond motifs is 1. The zero-order valence-electron chi connectivity index (χ0n) is 16.9. The van der Waals surface area contributed by atoms with Crippen molar-refractivity contribution in [3.63, 3.8) is 0 Å². The monoisotopic (exact) mass is 437 g/mol. The van der Waals surface area contributed by atoms with E-state index in [1.165, 1.54) is 20.4 Å². The number of H-pyrrole nitrogens is 1. The van der Waals surface area contributed by atoms with Crippen LogP contribution in [0.2, 0.25) is 0 Å². The first kappa shape index (κ1) is 20.7. The summed E-state index contributed by atoms with van der Waals surface area (Å²) in [6.07, 6.45) is 3.24. The Morgan fingerprint density at radius 3 is 2.75 bits per heavy atom. The molecule has 4 rings (SSSR count). The molecule has 0 saturated carbocycles. The number of anilines is 2. The second-order valence-corrected chi connectivity index (χ2v) is 6.61. The van der Waals surface area contributed by atoms with E-state index in [4.69, 9.17) is 9.47 Å². The summed E-state index contributed by atoms with van der Waals surface area (Å²) in [5.41, 5.74) is 1.81. The molecule has 162 valence electrons. The van der Waals surface area contributed by atoms with Crippen molar-refractivity contribution in [3.8, 4) is 17.0 Å². The molecule has 2 heterocycles. The fourth-order valence-electron chi connectivity index (χ4n) is 3.22. The average molecular weight is 437 g/mol. The van der Waals surface area contributed by atoms with Crippen molar-refractivity contribution in [2.45, 2.75) is 0 Å². The minimum Gasteiger partial charge on any atom is -0.494 e. The van der Waals surface area contributed by atoms with E-state index in [1.807, 2.05) is 0 Å². The highest BCUT2D eigenvalue weighted by Crippen LogP contribution is 2.34. The number of aromatic nitrogens is 3. The molecular formula is C21H16FN5O5. The predicted octanol–water partition coefficient (Wildman–Crippen LogP) is 4.21. The first-order valence-electron chi connectivity index (χ1n) is 9.23. The number of aromatic amines is 1. The summed E-state index contributed by atoms with van der Waals surface area (Å²) >= 11 is 0. The van der Waals surface area contributed by atoms with Gasteiger partial charge in [0.15, 0.2) is 0 Å². The van der Waals surface area contributed by atoms with E-state index in [9.17, 15) is 19.3 Å². The molecule has 0 saturated heterocycles. The Morgan fingerprint density at radius 1 is 1.22 bits per heavy atom. The molecule has 0 aliphatic rings. The molecular weight excluding hydrogens is 421 g/mol. The van der Waals surface area contributed by atoms with Gasteiger partial charge >= 0.3 is 11.7 Å². The number of nitro benzene ring substituents is 1. The molecule has 32 heavy (non-hydrogen) atoms. The summed E-state index contributed by atoms with van der Waals surface area (Å²) < 4.78 is 23.8. The Balaban J connectivity index is 1.73. The standard InChI is InChI=1S/C21H16FN5O5/c1-31-19-8-14(22)18(27(29)30)9-17(19)26-21-23-6-5-16(25-21)13-10-24-15-4-3-11(7-12(13)15)20(28)32-2/h3-10,24H,1-2H3,(H,23,25,26). The molecule has 0 spiro atoms. The van der Waals surface area contributed by atoms with E-state index in [1.54, 1.807) is 30.5 Å². The summed E-state index contributed by atoms with van der Waals surface area (Å²) in [4.78, 5) is 33.8. The lowest BCUT2D eigenvalue weighted by Gasteiger charge is -2.11. The minimum atomic E-state index is -1.02. The maximum atomic E-state index is 13.9. The number of methoxy groups -OCH3 is 2. The lowest BCUT2D eigenvalue weighted by molar-refractivity contribution is -0.387. The summed E-state index contributed by atoms with van der Waals surface area (Å²) in [5.74, 6) is -1.32. The van der Waals surface area contributed by atoms with E-state index in [0.717, 1.165) is 23.0 Å². The zero-order valence-corrected chi connectivity index (χ0v) is 16.9. The van der Waals surface area contributed by atoms with Crippen LogP contribution in [0.25, 0.3) is 22.2 Å². The smallest absolute Gasteiger partial charge is 0.337 e. The van der Waals surface area contributed by atoms with Gasteiger partial charge < -0.3 is 19.8 Å². The van der Waals surface area contributed by atoms with Crippen LogP contribution < -0.4 is 10.1 Å². The molecule has 0 atom stereocenters. The number of benzene rings is 2. The van der Waals surface area contributed by atoms with E-state index >= 15 is 0 Å². The van der Waals surface area contributed by atoms with Crippen molar-refractivity contribution >= 4 is 34.2 Å². The number of esters is 1. The van der Waals surface area contributed by atoms with Gasteiger partial charge in [0.25, 0.3) is 0 Å². The van der Waals surface area contributed by atoms with Crippen LogP contribution in [0.1, 0.15) is 10.4 Å². The Kier molecular flexibility index (Phi) is 5.37. The normalized spacial score (nSPS) is 10.7. The lowest BCUT2D eigenvalue weighted by Crippen LogP contribution is -2.02. The zero-order chi connectivity index (χ0) is 22.8. The van der Waals surface area contributed by atoms with Crippen molar-refractivity contribution in [2.24, 2.45) is 0 Å². The highest BCUT2D eigenvalue weighted by atomic mass is 19.1. The van der Waals surface area contributed by atoms with Crippen LogP contribution in [0.4, 0.5) is 21.7 Å². The van der Waals surface area contributed by atoms with Crippen molar-refractivity contribution < 1.29 is 23.6 Å². The van der Waals surface area contributed by atoms with Crippen LogP contribution in [0.5, 0.6) is 5.75 Å². The van der Waals surface area contributed by atoms with Gasteiger partial charge in [0.1, 0.15) is 5.75 Å². The van der Waals surface area contributed by atoms with Crippen LogP contribution >= 0.6 is 0 Å². The third kappa shape index (κ3) is 3.78. The van der Waals surface area contributed by atoms with Crippen LogP contribution in [0.3, 0.4) is 0 Å². The second-order valence-electron chi connectivity index (χ2n) is 6.61. The van der Waals surface area contributed by atoms with Crippen molar-refractivity contribution in [3.05, 3.63) is 70.3 Å². The number of carbonyl (C=O) groups excluding carboxylic acids is 1. The fourth-order valence-corrected chi connectivity index (χ4v) is 3.22. The molecule has 0 unspecified atom stereocenters. The number of halogens is 1. The molecule has 4 aromatic rings. The number of hydrogen-bond acceptors (Lipinski definition) is 8. The first-order valence-corrected chi connectivity index (χ1v) is 9.23. The number of nitrogens with zero attached hydrogens (tertiary/aromatic N) is 3. The van der Waals surface area contributed by atoms with Gasteiger partial charge in [-0.3, -0.25) is 10.1 Å². The highest BCUT2D eigenvalue weighted by molar-refractivity contribution is 6.00. The quantitative estimate of drug-likeness (QED) is 0.260. The Bertz CT molecular complexity index is 1350. The maximum absolute atomic E-state index is 13.9. The van der Waals surface area contributed by atoms with Crippen molar-refractivity contribution in [2.75, 3.05) is 19.5 Å². The SMILES string of the molecule is COC(=O)c1ccc2[nH]cc(-c3ccnc(Nc4cc([N+](=O)[O-])c(F)cc4OC)n3)c2c1. The summed E-state index contributed by atoms with van der Waals surface area (Å²) in [6, 6.07) is 8.69. The van der Waals surface area contributed by atoms with Gasteiger partial charge in [0.05, 0.1) is 36.1 Å². The molecule has 0 radical (unpaired) electrons. The minimum absolute atomic E-state index is 0.0527. The van der Waals surface area contributed by atoms with E-state index < -0.39 is 22.4 Å². The molecule has 2 N–H and O–H groups in total. The third-order valence-electron chi connectivity index (χ3n) is 4.75. The van der Waals surface area contributed by atoms with Gasteiger partial charge in [-0.25, -0.2) is 14.8 Å². The third-order valence-corrected chi connectivity index (χ3v) is 4.75. The Morgan fingerprint density at radius 2 is 2.03 bits per heavy atom. The van der Waals surface area contributed by atoms with E-state index in [0.29, 0.717) is 16.8 Å². The van der Waals surface area contributed by atoms with Crippen molar-refractivity contribution in [1.29, 1.82) is 0 Å². The largest absolute Gasteiger partial charge is 0.494 e. The fraction of sp³-hybridized carbons (Fsp3) is 0.0952. The molecule has 0 aliphatic carbocycles. The van der Waals surface area contributed by atoms with Gasteiger partial charge in [-0.05, 0) is 24.3 Å². The number of ether oxygens (including phenoxy) is 2. The number of hydrogen-bond donors (Lipinski definition) is 2. The van der Waals surface area contributed by atoms with Gasteiger partial charge in [0, 0.05) is 41.0 Å². The van der Waals surface area contributed by atoms with Crippen molar-refractivity contribution in [1.82, 2.24) is 15.0 Å². The van der Waals surface area contributed by atoms with E-state index in [2.05, 4.69) is 20.3 Å². The summed E-state index contributed by atoms with van der Waals surface area (Å²) in [7, 11) is 2.62.